The number of ether oxygens (including phenoxy) is 2. The van der Waals surface area contributed by atoms with Crippen LogP contribution in [0.1, 0.15) is 25.7 Å². The van der Waals surface area contributed by atoms with Crippen molar-refractivity contribution in [3.05, 3.63) is 54.6 Å². The van der Waals surface area contributed by atoms with Gasteiger partial charge in [-0.1, -0.05) is 25.0 Å². The average Bonchev–Trinajstić information content (AvgIpc) is 3.14. The van der Waals surface area contributed by atoms with E-state index in [9.17, 15) is 4.79 Å². The highest BCUT2D eigenvalue weighted by Crippen LogP contribution is 2.30. The van der Waals surface area contributed by atoms with E-state index in [0.717, 1.165) is 30.2 Å². The molecule has 0 saturated carbocycles. The van der Waals surface area contributed by atoms with Crippen molar-refractivity contribution in [1.82, 2.24) is 10.2 Å². The molecule has 2 N–H and O–H groups in total. The van der Waals surface area contributed by atoms with Crippen molar-refractivity contribution in [3.63, 3.8) is 0 Å². The van der Waals surface area contributed by atoms with E-state index in [0.29, 0.717) is 22.9 Å². The van der Waals surface area contributed by atoms with E-state index >= 15 is 0 Å². The van der Waals surface area contributed by atoms with Crippen molar-refractivity contribution in [2.75, 3.05) is 42.8 Å². The van der Waals surface area contributed by atoms with E-state index in [-0.39, 0.29) is 6.03 Å². The van der Waals surface area contributed by atoms with Gasteiger partial charge in [0.15, 0.2) is 17.3 Å². The Morgan fingerprint density at radius 1 is 0.788 bits per heavy atom. The molecule has 1 fully saturated rings. The summed E-state index contributed by atoms with van der Waals surface area (Å²) in [6, 6.07) is 16.4. The molecule has 2 heterocycles. The molecule has 0 spiro atoms. The standard InChI is InChI=1S/C25H29N5O3/c1-32-22-13-11-20(17-23(22)33-2)27-25(31)26-19-9-7-18(8-10-19)21-12-14-24(29-28-21)30-15-5-3-4-6-16-30/h7-14,17H,3-6,15-16H2,1-2H3,(H2,26,27,31). The fourth-order valence-corrected chi connectivity index (χ4v) is 3.88. The summed E-state index contributed by atoms with van der Waals surface area (Å²) in [5.41, 5.74) is 3.01. The fourth-order valence-electron chi connectivity index (χ4n) is 3.88. The highest BCUT2D eigenvalue weighted by Gasteiger charge is 2.12. The van der Waals surface area contributed by atoms with Crippen LogP contribution in [0.5, 0.6) is 11.5 Å². The van der Waals surface area contributed by atoms with E-state index in [2.05, 4.69) is 25.7 Å². The SMILES string of the molecule is COc1ccc(NC(=O)Nc2ccc(-c3ccc(N4CCCCCC4)nn3)cc2)cc1OC. The lowest BCUT2D eigenvalue weighted by Gasteiger charge is -2.20. The summed E-state index contributed by atoms with van der Waals surface area (Å²) in [5, 5.41) is 14.5. The zero-order chi connectivity index (χ0) is 23.0. The number of rotatable bonds is 6. The lowest BCUT2D eigenvalue weighted by Crippen LogP contribution is -2.25. The van der Waals surface area contributed by atoms with Crippen LogP contribution in [0.15, 0.2) is 54.6 Å². The van der Waals surface area contributed by atoms with Gasteiger partial charge >= 0.3 is 6.03 Å². The molecule has 2 aromatic carbocycles. The van der Waals surface area contributed by atoms with Crippen LogP contribution < -0.4 is 25.0 Å². The van der Waals surface area contributed by atoms with Crippen LogP contribution in [0.4, 0.5) is 22.0 Å². The minimum absolute atomic E-state index is 0.350. The molecule has 0 aliphatic carbocycles. The first kappa shape index (κ1) is 22.4. The number of hydrogen-bond donors (Lipinski definition) is 2. The first-order valence-corrected chi connectivity index (χ1v) is 11.2. The normalized spacial score (nSPS) is 13.7. The van der Waals surface area contributed by atoms with E-state index in [1.807, 2.05) is 36.4 Å². The molecule has 0 atom stereocenters. The molecule has 1 aliphatic heterocycles. The summed E-state index contributed by atoms with van der Waals surface area (Å²) in [6.07, 6.45) is 4.98. The number of hydrogen-bond acceptors (Lipinski definition) is 6. The second-order valence-corrected chi connectivity index (χ2v) is 7.90. The van der Waals surface area contributed by atoms with Gasteiger partial charge in [-0.2, -0.15) is 0 Å². The van der Waals surface area contributed by atoms with Gasteiger partial charge in [0.2, 0.25) is 0 Å². The molecule has 1 saturated heterocycles. The third kappa shape index (κ3) is 5.71. The highest BCUT2D eigenvalue weighted by molar-refractivity contribution is 6.00. The minimum atomic E-state index is -0.350. The van der Waals surface area contributed by atoms with Crippen LogP contribution in [0.25, 0.3) is 11.3 Å². The summed E-state index contributed by atoms with van der Waals surface area (Å²) >= 11 is 0. The van der Waals surface area contributed by atoms with Crippen LogP contribution in [0.3, 0.4) is 0 Å². The average molecular weight is 448 g/mol. The van der Waals surface area contributed by atoms with Crippen molar-refractivity contribution >= 4 is 23.2 Å². The number of urea groups is 1. The third-order valence-corrected chi connectivity index (χ3v) is 5.66. The van der Waals surface area contributed by atoms with Gasteiger partial charge < -0.3 is 25.0 Å². The third-order valence-electron chi connectivity index (χ3n) is 5.66. The zero-order valence-electron chi connectivity index (χ0n) is 19.0. The van der Waals surface area contributed by atoms with E-state index in [1.165, 1.54) is 25.7 Å². The first-order valence-electron chi connectivity index (χ1n) is 11.2. The van der Waals surface area contributed by atoms with Gasteiger partial charge in [-0.15, -0.1) is 10.2 Å². The smallest absolute Gasteiger partial charge is 0.323 e. The number of methoxy groups -OCH3 is 2. The van der Waals surface area contributed by atoms with Crippen molar-refractivity contribution in [3.8, 4) is 22.8 Å². The molecule has 1 aliphatic rings. The van der Waals surface area contributed by atoms with Crippen LogP contribution in [-0.2, 0) is 0 Å². The Hall–Kier alpha value is -3.81. The molecule has 1 aromatic heterocycles. The highest BCUT2D eigenvalue weighted by atomic mass is 16.5. The second kappa shape index (κ2) is 10.7. The maximum absolute atomic E-state index is 12.4. The molecular weight excluding hydrogens is 418 g/mol. The lowest BCUT2D eigenvalue weighted by molar-refractivity contribution is 0.262. The molecular formula is C25H29N5O3. The van der Waals surface area contributed by atoms with Crippen LogP contribution in [0.2, 0.25) is 0 Å². The van der Waals surface area contributed by atoms with Crippen molar-refractivity contribution < 1.29 is 14.3 Å². The predicted octanol–water partition coefficient (Wildman–Crippen LogP) is 5.19. The topological polar surface area (TPSA) is 88.6 Å². The van der Waals surface area contributed by atoms with Gasteiger partial charge in [-0.05, 0) is 49.2 Å². The summed E-state index contributed by atoms with van der Waals surface area (Å²) in [5.74, 6) is 2.08. The van der Waals surface area contributed by atoms with Gasteiger partial charge in [0.25, 0.3) is 0 Å². The molecule has 8 heteroatoms. The Balaban J connectivity index is 1.36. The summed E-state index contributed by atoms with van der Waals surface area (Å²) in [6.45, 7) is 2.08. The van der Waals surface area contributed by atoms with Gasteiger partial charge in [-0.3, -0.25) is 0 Å². The molecule has 8 nitrogen and oxygen atoms in total. The number of nitrogens with zero attached hydrogens (tertiary/aromatic N) is 3. The Morgan fingerprint density at radius 3 is 2.09 bits per heavy atom. The van der Waals surface area contributed by atoms with Gasteiger partial charge in [0.05, 0.1) is 19.9 Å². The maximum atomic E-state index is 12.4. The Kier molecular flexibility index (Phi) is 7.24. The Bertz CT molecular complexity index is 1060. The van der Waals surface area contributed by atoms with E-state index in [1.54, 1.807) is 32.4 Å². The Labute approximate surface area is 193 Å². The summed E-state index contributed by atoms with van der Waals surface area (Å²) in [7, 11) is 3.12. The van der Waals surface area contributed by atoms with Gasteiger partial charge in [0.1, 0.15) is 0 Å². The number of amides is 2. The number of carbonyl (C=O) groups excluding carboxylic acids is 1. The van der Waals surface area contributed by atoms with Gasteiger partial charge in [-0.25, -0.2) is 4.79 Å². The predicted molar refractivity (Wildman–Crippen MR) is 130 cm³/mol. The zero-order valence-corrected chi connectivity index (χ0v) is 19.0. The van der Waals surface area contributed by atoms with Crippen LogP contribution in [0, 0.1) is 0 Å². The number of carbonyl (C=O) groups is 1. The number of aromatic nitrogens is 2. The molecule has 4 rings (SSSR count). The van der Waals surface area contributed by atoms with Crippen molar-refractivity contribution in [1.29, 1.82) is 0 Å². The molecule has 2 amide bonds. The molecule has 0 radical (unpaired) electrons. The molecule has 0 bridgehead atoms. The quantitative estimate of drug-likeness (QED) is 0.541. The van der Waals surface area contributed by atoms with Crippen molar-refractivity contribution in [2.24, 2.45) is 0 Å². The second-order valence-electron chi connectivity index (χ2n) is 7.90. The first-order chi connectivity index (χ1) is 16.2. The Morgan fingerprint density at radius 2 is 1.45 bits per heavy atom. The monoisotopic (exact) mass is 447 g/mol. The summed E-state index contributed by atoms with van der Waals surface area (Å²) in [4.78, 5) is 14.7. The molecule has 172 valence electrons. The molecule has 3 aromatic rings. The van der Waals surface area contributed by atoms with Crippen molar-refractivity contribution in [2.45, 2.75) is 25.7 Å². The number of anilines is 3. The van der Waals surface area contributed by atoms with E-state index in [4.69, 9.17) is 9.47 Å². The number of nitrogens with one attached hydrogen (secondary N) is 2. The van der Waals surface area contributed by atoms with E-state index < -0.39 is 0 Å². The number of benzene rings is 2. The fraction of sp³-hybridized carbons (Fsp3) is 0.320. The van der Waals surface area contributed by atoms with Crippen LogP contribution >= 0.6 is 0 Å². The lowest BCUT2D eigenvalue weighted by atomic mass is 10.1. The van der Waals surface area contributed by atoms with Crippen LogP contribution in [-0.4, -0.2) is 43.5 Å². The molecule has 0 unspecified atom stereocenters. The minimum Gasteiger partial charge on any atom is -0.493 e. The maximum Gasteiger partial charge on any atom is 0.323 e. The largest absolute Gasteiger partial charge is 0.493 e. The summed E-state index contributed by atoms with van der Waals surface area (Å²) < 4.78 is 10.5. The molecule has 33 heavy (non-hydrogen) atoms. The van der Waals surface area contributed by atoms with Gasteiger partial charge in [0, 0.05) is 36.1 Å².